The number of carbonyl (C=O) groups excluding carboxylic acids is 1. The fourth-order valence-corrected chi connectivity index (χ4v) is 8.22. The number of phenolic OH excluding ortho intramolecular Hbond substituents is 1. The molecule has 244 valence electrons. The van der Waals surface area contributed by atoms with E-state index in [0.29, 0.717) is 49.7 Å². The average Bonchev–Trinajstić information content (AvgIpc) is 3.28. The third-order valence-electron chi connectivity index (χ3n) is 10.8. The first-order chi connectivity index (χ1) is 21.3. The second kappa shape index (κ2) is 14.2. The van der Waals surface area contributed by atoms with E-state index in [2.05, 4.69) is 26.5 Å². The Hall–Kier alpha value is -3.03. The molecule has 0 bridgehead atoms. The van der Waals surface area contributed by atoms with E-state index >= 15 is 0 Å². The summed E-state index contributed by atoms with van der Waals surface area (Å²) in [5.41, 5.74) is 3.20. The van der Waals surface area contributed by atoms with Gasteiger partial charge in [0.15, 0.2) is 5.78 Å². The monoisotopic (exact) mass is 616 g/mol. The first kappa shape index (κ1) is 34.8. The molecule has 0 aliphatic heterocycles. The van der Waals surface area contributed by atoms with Crippen LogP contribution in [0.25, 0.3) is 0 Å². The van der Waals surface area contributed by atoms with Crippen molar-refractivity contribution in [3.63, 3.8) is 0 Å². The zero-order valence-corrected chi connectivity index (χ0v) is 27.5. The fraction of sp³-hybridized carbons (Fsp3) is 0.513. The molecular weight excluding hydrogens is 564 g/mol. The molecule has 2 spiro atoms. The van der Waals surface area contributed by atoms with Gasteiger partial charge in [0.05, 0.1) is 18.3 Å². The molecule has 0 aromatic heterocycles. The molecule has 6 heteroatoms. The van der Waals surface area contributed by atoms with Crippen molar-refractivity contribution in [3.05, 3.63) is 100 Å². The molecule has 5 N–H and O–H groups in total. The third kappa shape index (κ3) is 6.90. The Balaban J connectivity index is 1.71. The highest BCUT2D eigenvalue weighted by molar-refractivity contribution is 5.97. The molecule has 0 saturated heterocycles. The van der Waals surface area contributed by atoms with E-state index < -0.39 is 22.5 Å². The number of allylic oxidation sites excluding steroid dienone is 9. The van der Waals surface area contributed by atoms with Crippen LogP contribution in [0.3, 0.4) is 0 Å². The molecule has 0 amide bonds. The van der Waals surface area contributed by atoms with E-state index in [1.165, 1.54) is 5.57 Å². The van der Waals surface area contributed by atoms with Gasteiger partial charge in [0.25, 0.3) is 0 Å². The van der Waals surface area contributed by atoms with Crippen LogP contribution in [0.1, 0.15) is 84.6 Å². The van der Waals surface area contributed by atoms with Gasteiger partial charge in [-0.25, -0.2) is 0 Å². The van der Waals surface area contributed by atoms with Crippen LogP contribution in [-0.4, -0.2) is 56.2 Å². The maximum absolute atomic E-state index is 13.6. The number of ketones is 1. The molecule has 3 aliphatic carbocycles. The first-order valence-electron chi connectivity index (χ1n) is 16.4. The molecular formula is C39H52O6. The number of carbonyl (C=O) groups is 1. The van der Waals surface area contributed by atoms with Gasteiger partial charge in [0.1, 0.15) is 5.75 Å². The van der Waals surface area contributed by atoms with Crippen LogP contribution in [0.5, 0.6) is 5.75 Å². The molecule has 4 rings (SSSR count). The number of hydrogen-bond donors (Lipinski definition) is 5. The lowest BCUT2D eigenvalue weighted by Crippen LogP contribution is -2.61. The first-order valence-corrected chi connectivity index (χ1v) is 16.4. The summed E-state index contributed by atoms with van der Waals surface area (Å²) in [6.45, 7) is 11.8. The maximum Gasteiger partial charge on any atom is 0.162 e. The molecule has 6 nitrogen and oxygen atoms in total. The number of hydrogen-bond acceptors (Lipinski definition) is 6. The summed E-state index contributed by atoms with van der Waals surface area (Å²) in [5.74, 6) is -0.214. The van der Waals surface area contributed by atoms with Gasteiger partial charge in [-0.2, -0.15) is 0 Å². The summed E-state index contributed by atoms with van der Waals surface area (Å²) < 4.78 is 0. The summed E-state index contributed by atoms with van der Waals surface area (Å²) in [4.78, 5) is 13.6. The minimum atomic E-state index is -1.23. The van der Waals surface area contributed by atoms with Crippen LogP contribution in [-0.2, 0) is 11.2 Å². The lowest BCUT2D eigenvalue weighted by atomic mass is 9.51. The Morgan fingerprint density at radius 1 is 1.09 bits per heavy atom. The number of rotatable bonds is 11. The Bertz CT molecular complexity index is 1420. The predicted octanol–water partition coefficient (Wildman–Crippen LogP) is 6.60. The minimum absolute atomic E-state index is 0.0307. The van der Waals surface area contributed by atoms with Crippen LogP contribution in [0.2, 0.25) is 0 Å². The van der Waals surface area contributed by atoms with Crippen LogP contribution in [0, 0.1) is 16.7 Å². The predicted molar refractivity (Wildman–Crippen MR) is 179 cm³/mol. The van der Waals surface area contributed by atoms with Crippen LogP contribution in [0.15, 0.2) is 94.7 Å². The smallest absolute Gasteiger partial charge is 0.162 e. The highest BCUT2D eigenvalue weighted by atomic mass is 16.3. The highest BCUT2D eigenvalue weighted by Gasteiger charge is 2.68. The quantitative estimate of drug-likeness (QED) is 0.141. The Kier molecular flexibility index (Phi) is 11.0. The minimum Gasteiger partial charge on any atom is -0.508 e. The molecule has 2 fully saturated rings. The van der Waals surface area contributed by atoms with Crippen molar-refractivity contribution < 1.29 is 30.3 Å². The SMILES string of the molecule is C=C(/C=C1\C=C[C@@]2(CC[C@@]3([C@H](CCCO)/C(=C(\C)C(=O)Cc4ccc(O)cc4)CC[C@@]3(C)O)[C@@H]2O)C(CO)=C1)CCC=C(C)C. The van der Waals surface area contributed by atoms with E-state index in [9.17, 15) is 30.3 Å². The second-order valence-corrected chi connectivity index (χ2v) is 13.9. The average molecular weight is 617 g/mol. The van der Waals surface area contributed by atoms with Gasteiger partial charge in [-0.1, -0.05) is 65.8 Å². The van der Waals surface area contributed by atoms with Gasteiger partial charge in [-0.15, -0.1) is 0 Å². The number of benzene rings is 1. The zero-order chi connectivity index (χ0) is 33.0. The van der Waals surface area contributed by atoms with Gasteiger partial charge in [-0.05, 0) is 119 Å². The highest BCUT2D eigenvalue weighted by Crippen LogP contribution is 2.67. The van der Waals surface area contributed by atoms with Gasteiger partial charge < -0.3 is 25.5 Å². The van der Waals surface area contributed by atoms with Crippen molar-refractivity contribution in [1.29, 1.82) is 0 Å². The summed E-state index contributed by atoms with van der Waals surface area (Å²) in [7, 11) is 0. The van der Waals surface area contributed by atoms with E-state index in [4.69, 9.17) is 0 Å². The number of aliphatic hydroxyl groups excluding tert-OH is 3. The van der Waals surface area contributed by atoms with Gasteiger partial charge in [-0.3, -0.25) is 4.79 Å². The molecule has 45 heavy (non-hydrogen) atoms. The van der Waals surface area contributed by atoms with Crippen LogP contribution >= 0.6 is 0 Å². The summed E-state index contributed by atoms with van der Waals surface area (Å²) in [6.07, 6.45) is 14.1. The van der Waals surface area contributed by atoms with Crippen molar-refractivity contribution in [1.82, 2.24) is 0 Å². The van der Waals surface area contributed by atoms with E-state index in [-0.39, 0.29) is 37.1 Å². The maximum atomic E-state index is 13.6. The molecule has 0 heterocycles. The Morgan fingerprint density at radius 3 is 2.44 bits per heavy atom. The molecule has 5 atom stereocenters. The number of phenols is 1. The van der Waals surface area contributed by atoms with Gasteiger partial charge in [0, 0.05) is 23.9 Å². The Morgan fingerprint density at radius 2 is 1.80 bits per heavy atom. The lowest BCUT2D eigenvalue weighted by molar-refractivity contribution is -0.173. The molecule has 0 radical (unpaired) electrons. The molecule has 2 saturated carbocycles. The van der Waals surface area contributed by atoms with Gasteiger partial charge >= 0.3 is 0 Å². The topological polar surface area (TPSA) is 118 Å². The number of Topliss-reactive ketones (excluding diaryl/α,β-unsaturated/α-hetero) is 1. The van der Waals surface area contributed by atoms with Crippen molar-refractivity contribution in [2.75, 3.05) is 13.2 Å². The number of aromatic hydroxyl groups is 1. The molecule has 1 aromatic carbocycles. The van der Waals surface area contributed by atoms with Gasteiger partial charge in [0.2, 0.25) is 0 Å². The molecule has 1 aromatic rings. The van der Waals surface area contributed by atoms with E-state index in [1.54, 1.807) is 24.3 Å². The zero-order valence-electron chi connectivity index (χ0n) is 27.5. The lowest BCUT2D eigenvalue weighted by Gasteiger charge is -2.56. The third-order valence-corrected chi connectivity index (χ3v) is 10.8. The number of aliphatic hydroxyl groups is 4. The fourth-order valence-electron chi connectivity index (χ4n) is 8.22. The summed E-state index contributed by atoms with van der Waals surface area (Å²) in [5, 5.41) is 54.9. The van der Waals surface area contributed by atoms with Crippen molar-refractivity contribution in [2.45, 2.75) is 97.2 Å². The molecule has 0 unspecified atom stereocenters. The van der Waals surface area contributed by atoms with Crippen LogP contribution < -0.4 is 0 Å². The second-order valence-electron chi connectivity index (χ2n) is 13.9. The van der Waals surface area contributed by atoms with E-state index in [1.807, 2.05) is 38.2 Å². The van der Waals surface area contributed by atoms with Crippen molar-refractivity contribution in [3.8, 4) is 5.75 Å². The Labute approximate surface area is 268 Å². The standard InChI is InChI=1S/C39H52O6/c1-26(2)8-6-9-27(3)22-30-15-18-38(31(23-30)25-41)19-20-39(36(38)44)34(10-7-21-40)33(16-17-37(39,5)45)28(4)35(43)24-29-11-13-32(42)14-12-29/h8,11-15,18,22-23,34,36,40-42,44-45H,3,6-7,9-10,16-17,19-21,24-25H2,1-2,4-5H3/b30-22+,33-28+/t34-,36-,37-,38-,39-/m1/s1. The summed E-state index contributed by atoms with van der Waals surface area (Å²) in [6, 6.07) is 6.62. The largest absolute Gasteiger partial charge is 0.508 e. The van der Waals surface area contributed by atoms with Crippen LogP contribution in [0.4, 0.5) is 0 Å². The summed E-state index contributed by atoms with van der Waals surface area (Å²) >= 11 is 0. The van der Waals surface area contributed by atoms with E-state index in [0.717, 1.165) is 35.1 Å². The molecule has 3 aliphatic rings. The van der Waals surface area contributed by atoms with Crippen molar-refractivity contribution in [2.24, 2.45) is 16.7 Å². The normalized spacial score (nSPS) is 31.4. The van der Waals surface area contributed by atoms with Crippen molar-refractivity contribution >= 4 is 5.78 Å².